The molecule has 6 nitrogen and oxygen atoms in total. The Morgan fingerprint density at radius 2 is 2.29 bits per heavy atom. The van der Waals surface area contributed by atoms with Crippen LogP contribution < -0.4 is 10.6 Å². The van der Waals surface area contributed by atoms with Crippen LogP contribution in [0.1, 0.15) is 6.42 Å². The Morgan fingerprint density at radius 1 is 1.41 bits per heavy atom. The largest absolute Gasteiger partial charge is 0.387 e. The first-order valence-electron chi connectivity index (χ1n) is 5.37. The molecule has 3 rings (SSSR count). The van der Waals surface area contributed by atoms with E-state index in [0.717, 1.165) is 16.6 Å². The fraction of sp³-hybridized carbons (Fsp3) is 0.182. The van der Waals surface area contributed by atoms with Gasteiger partial charge in [-0.1, -0.05) is 6.07 Å². The number of aromatic amines is 1. The Morgan fingerprint density at radius 3 is 3.12 bits per heavy atom. The molecule has 0 radical (unpaired) electrons. The van der Waals surface area contributed by atoms with Crippen molar-refractivity contribution in [2.24, 2.45) is 10.7 Å². The van der Waals surface area contributed by atoms with E-state index in [1.807, 2.05) is 23.1 Å². The molecule has 2 heterocycles. The van der Waals surface area contributed by atoms with Crippen molar-refractivity contribution in [1.82, 2.24) is 10.2 Å². The Kier molecular flexibility index (Phi) is 2.07. The molecule has 0 saturated carbocycles. The van der Waals surface area contributed by atoms with Crippen molar-refractivity contribution in [2.75, 3.05) is 11.4 Å². The van der Waals surface area contributed by atoms with Crippen LogP contribution in [-0.4, -0.2) is 28.5 Å². The predicted molar refractivity (Wildman–Crippen MR) is 67.4 cm³/mol. The molecule has 1 aromatic carbocycles. The summed E-state index contributed by atoms with van der Waals surface area (Å²) in [6.07, 6.45) is 2.44. The van der Waals surface area contributed by atoms with Gasteiger partial charge < -0.3 is 10.6 Å². The number of fused-ring (bicyclic) bond motifs is 1. The van der Waals surface area contributed by atoms with Crippen LogP contribution in [0.25, 0.3) is 10.9 Å². The van der Waals surface area contributed by atoms with Crippen molar-refractivity contribution in [3.8, 4) is 0 Å². The third-order valence-corrected chi connectivity index (χ3v) is 2.85. The molecule has 0 aliphatic carbocycles. The van der Waals surface area contributed by atoms with Crippen molar-refractivity contribution in [3.05, 3.63) is 24.4 Å². The molecule has 86 valence electrons. The van der Waals surface area contributed by atoms with Gasteiger partial charge in [0, 0.05) is 18.4 Å². The lowest BCUT2D eigenvalue weighted by Crippen LogP contribution is -2.38. The molecule has 2 aromatic rings. The molecule has 1 aromatic heterocycles. The summed E-state index contributed by atoms with van der Waals surface area (Å²) in [7, 11) is 0. The summed E-state index contributed by atoms with van der Waals surface area (Å²) < 4.78 is 0. The van der Waals surface area contributed by atoms with E-state index in [1.165, 1.54) is 0 Å². The quantitative estimate of drug-likeness (QED) is 0.681. The molecule has 17 heavy (non-hydrogen) atoms. The van der Waals surface area contributed by atoms with Gasteiger partial charge >= 0.3 is 0 Å². The standard InChI is InChI=1S/C11H12N6/c12-10-4-5-17(11(13)15-10)9-3-1-2-8-7(9)6-14-16-8/h1-3,6H,4-5H2,(H,14,16)(H3,12,13,15). The number of hydrogen-bond acceptors (Lipinski definition) is 3. The molecule has 0 atom stereocenters. The molecule has 0 saturated heterocycles. The highest BCUT2D eigenvalue weighted by molar-refractivity contribution is 6.09. The number of nitrogens with two attached hydrogens (primary N) is 1. The molecule has 1 aliphatic heterocycles. The average molecular weight is 228 g/mol. The lowest BCUT2D eigenvalue weighted by atomic mass is 10.2. The minimum atomic E-state index is 0.183. The fourth-order valence-corrected chi connectivity index (χ4v) is 2.01. The van der Waals surface area contributed by atoms with Crippen molar-refractivity contribution in [3.63, 3.8) is 0 Å². The summed E-state index contributed by atoms with van der Waals surface area (Å²) >= 11 is 0. The zero-order chi connectivity index (χ0) is 11.8. The number of guanidine groups is 1. The maximum absolute atomic E-state index is 7.87. The van der Waals surface area contributed by atoms with E-state index in [1.54, 1.807) is 6.20 Å². The van der Waals surface area contributed by atoms with Gasteiger partial charge in [-0.15, -0.1) is 0 Å². The van der Waals surface area contributed by atoms with Gasteiger partial charge in [-0.05, 0) is 12.1 Å². The van der Waals surface area contributed by atoms with Crippen LogP contribution in [0.15, 0.2) is 29.4 Å². The Bertz CT molecular complexity index is 611. The van der Waals surface area contributed by atoms with Crippen molar-refractivity contribution < 1.29 is 0 Å². The van der Waals surface area contributed by atoms with Gasteiger partial charge in [0.25, 0.3) is 0 Å². The molecule has 6 heteroatoms. The van der Waals surface area contributed by atoms with Gasteiger partial charge in [-0.25, -0.2) is 4.99 Å². The first kappa shape index (κ1) is 9.83. The highest BCUT2D eigenvalue weighted by atomic mass is 15.3. The van der Waals surface area contributed by atoms with E-state index in [-0.39, 0.29) is 5.96 Å². The highest BCUT2D eigenvalue weighted by Crippen LogP contribution is 2.26. The number of H-pyrrole nitrogens is 1. The smallest absolute Gasteiger partial charge is 0.224 e. The van der Waals surface area contributed by atoms with Crippen LogP contribution in [0.4, 0.5) is 5.69 Å². The van der Waals surface area contributed by atoms with Gasteiger partial charge in [0.2, 0.25) is 5.96 Å². The van der Waals surface area contributed by atoms with E-state index >= 15 is 0 Å². The molecular formula is C11H12N6. The number of aliphatic imine (C=N–C) groups is 1. The number of amidine groups is 1. The molecular weight excluding hydrogens is 216 g/mol. The van der Waals surface area contributed by atoms with Crippen LogP contribution in [-0.2, 0) is 0 Å². The topological polar surface area (TPSA) is 94.1 Å². The zero-order valence-corrected chi connectivity index (χ0v) is 9.14. The summed E-state index contributed by atoms with van der Waals surface area (Å²) in [6.45, 7) is 0.679. The zero-order valence-electron chi connectivity index (χ0n) is 9.14. The van der Waals surface area contributed by atoms with E-state index < -0.39 is 0 Å². The van der Waals surface area contributed by atoms with Crippen LogP contribution in [0.3, 0.4) is 0 Å². The van der Waals surface area contributed by atoms with Gasteiger partial charge in [-0.2, -0.15) is 5.10 Å². The first-order chi connectivity index (χ1) is 8.25. The van der Waals surface area contributed by atoms with E-state index in [0.29, 0.717) is 18.8 Å². The number of nitrogens with one attached hydrogen (secondary N) is 2. The van der Waals surface area contributed by atoms with Crippen LogP contribution in [0.5, 0.6) is 0 Å². The number of anilines is 1. The van der Waals surface area contributed by atoms with Crippen LogP contribution >= 0.6 is 0 Å². The summed E-state index contributed by atoms with van der Waals surface area (Å²) in [4.78, 5) is 5.85. The van der Waals surface area contributed by atoms with Crippen molar-refractivity contribution in [2.45, 2.75) is 6.42 Å². The van der Waals surface area contributed by atoms with Gasteiger partial charge in [0.15, 0.2) is 0 Å². The minimum absolute atomic E-state index is 0.183. The summed E-state index contributed by atoms with van der Waals surface area (Å²) in [5, 5.41) is 15.8. The SMILES string of the molecule is N=C1N=C(N)CCN1c1cccc2[nH]ncc12. The van der Waals surface area contributed by atoms with E-state index in [2.05, 4.69) is 15.2 Å². The number of benzene rings is 1. The lowest BCUT2D eigenvalue weighted by Gasteiger charge is -2.26. The Balaban J connectivity index is 2.10. The molecule has 0 amide bonds. The summed E-state index contributed by atoms with van der Waals surface area (Å²) in [5.74, 6) is 0.702. The highest BCUT2D eigenvalue weighted by Gasteiger charge is 2.19. The molecule has 4 N–H and O–H groups in total. The average Bonchev–Trinajstić information content (AvgIpc) is 2.77. The first-order valence-corrected chi connectivity index (χ1v) is 5.37. The number of hydrogen-bond donors (Lipinski definition) is 3. The third kappa shape index (κ3) is 1.54. The molecule has 0 spiro atoms. The van der Waals surface area contributed by atoms with E-state index in [4.69, 9.17) is 11.1 Å². The van der Waals surface area contributed by atoms with Crippen LogP contribution in [0, 0.1) is 5.41 Å². The summed E-state index contributed by atoms with van der Waals surface area (Å²) in [6, 6.07) is 5.85. The second kappa shape index (κ2) is 3.58. The molecule has 0 bridgehead atoms. The van der Waals surface area contributed by atoms with Crippen LogP contribution in [0.2, 0.25) is 0 Å². The van der Waals surface area contributed by atoms with Crippen molar-refractivity contribution in [1.29, 1.82) is 5.41 Å². The second-order valence-electron chi connectivity index (χ2n) is 3.94. The molecule has 0 fully saturated rings. The monoisotopic (exact) mass is 228 g/mol. The molecule has 1 aliphatic rings. The Labute approximate surface area is 97.6 Å². The maximum atomic E-state index is 7.87. The minimum Gasteiger partial charge on any atom is -0.387 e. The second-order valence-corrected chi connectivity index (χ2v) is 3.94. The predicted octanol–water partition coefficient (Wildman–Crippen LogP) is 1.06. The van der Waals surface area contributed by atoms with Gasteiger partial charge in [-0.3, -0.25) is 10.5 Å². The van der Waals surface area contributed by atoms with Gasteiger partial charge in [0.05, 0.1) is 17.4 Å². The van der Waals surface area contributed by atoms with Gasteiger partial charge in [0.1, 0.15) is 5.84 Å². The maximum Gasteiger partial charge on any atom is 0.224 e. The van der Waals surface area contributed by atoms with E-state index in [9.17, 15) is 0 Å². The summed E-state index contributed by atoms with van der Waals surface area (Å²) in [5.41, 5.74) is 7.52. The lowest BCUT2D eigenvalue weighted by molar-refractivity contribution is 0.943. The fourth-order valence-electron chi connectivity index (χ4n) is 2.01. The molecule has 0 unspecified atom stereocenters. The number of nitrogens with zero attached hydrogens (tertiary/aromatic N) is 3. The third-order valence-electron chi connectivity index (χ3n) is 2.85. The normalized spacial score (nSPS) is 16.4. The van der Waals surface area contributed by atoms with Crippen molar-refractivity contribution >= 4 is 28.4 Å². The Hall–Kier alpha value is -2.37. The number of aromatic nitrogens is 2. The number of rotatable bonds is 1.